The number of methoxy groups -OCH3 is 1. The van der Waals surface area contributed by atoms with E-state index >= 15 is 0 Å². The Balaban J connectivity index is 1.85. The quantitative estimate of drug-likeness (QED) is 0.158. The van der Waals surface area contributed by atoms with Gasteiger partial charge < -0.3 is 19.2 Å². The molecule has 3 amide bonds. The summed E-state index contributed by atoms with van der Waals surface area (Å²) < 4.78 is 15.1. The molecule has 1 aliphatic heterocycles. The Morgan fingerprint density at radius 1 is 1.38 bits per heavy atom. The number of furan rings is 1. The number of nitrogens with zero attached hydrogens (tertiary/aromatic N) is 2. The molecule has 0 spiro atoms. The minimum absolute atomic E-state index is 0.00890. The van der Waals surface area contributed by atoms with E-state index in [0.29, 0.717) is 0 Å². The molecule has 0 radical (unpaired) electrons. The number of amides is 3. The first-order chi connectivity index (χ1) is 15.2. The molecular weight excluding hydrogens is 446 g/mol. The number of carbonyl (C=O) groups is 3. The lowest BCUT2D eigenvalue weighted by Gasteiger charge is -2.09. The average molecular weight is 462 g/mol. The number of hydrogen-bond donors (Lipinski definition) is 1. The fourth-order valence-corrected chi connectivity index (χ4v) is 3.09. The second-order valence-corrected chi connectivity index (χ2v) is 6.75. The zero-order valence-corrected chi connectivity index (χ0v) is 17.4. The van der Waals surface area contributed by atoms with Crippen molar-refractivity contribution in [2.75, 3.05) is 13.7 Å². The molecule has 2 heterocycles. The number of nitro groups is 1. The Kier molecular flexibility index (Phi) is 6.59. The normalized spacial score (nSPS) is 14.4. The van der Waals surface area contributed by atoms with Crippen LogP contribution < -0.4 is 10.1 Å². The molecule has 1 aliphatic rings. The van der Waals surface area contributed by atoms with E-state index in [1.54, 1.807) is 0 Å². The molecule has 0 atom stereocenters. The van der Waals surface area contributed by atoms with Crippen LogP contribution in [-0.4, -0.2) is 41.4 Å². The number of esters is 1. The van der Waals surface area contributed by atoms with Gasteiger partial charge in [0.1, 0.15) is 18.1 Å². The number of urea groups is 1. The van der Waals surface area contributed by atoms with Crippen molar-refractivity contribution < 1.29 is 33.2 Å². The molecule has 32 heavy (non-hydrogen) atoms. The van der Waals surface area contributed by atoms with E-state index in [2.05, 4.69) is 16.6 Å². The lowest BCUT2D eigenvalue weighted by Crippen LogP contribution is -2.30. The molecule has 166 valence electrons. The van der Waals surface area contributed by atoms with Crippen LogP contribution in [0.15, 0.2) is 47.0 Å². The summed E-state index contributed by atoms with van der Waals surface area (Å²) in [5.74, 6) is -1.44. The van der Waals surface area contributed by atoms with Gasteiger partial charge in [-0.3, -0.25) is 19.8 Å². The van der Waals surface area contributed by atoms with Crippen molar-refractivity contribution in [1.82, 2.24) is 10.2 Å². The Morgan fingerprint density at radius 2 is 2.12 bits per heavy atom. The Hall–Kier alpha value is -4.12. The molecule has 2 aromatic rings. The maximum Gasteiger partial charge on any atom is 0.373 e. The predicted molar refractivity (Wildman–Crippen MR) is 111 cm³/mol. The van der Waals surface area contributed by atoms with Gasteiger partial charge in [-0.05, 0) is 29.8 Å². The van der Waals surface area contributed by atoms with Gasteiger partial charge in [0.25, 0.3) is 5.91 Å². The number of carbonyl (C=O) groups excluding carboxylic acids is 3. The molecule has 1 fully saturated rings. The lowest BCUT2D eigenvalue weighted by atomic mass is 10.1. The Morgan fingerprint density at radius 3 is 2.78 bits per heavy atom. The minimum atomic E-state index is -0.733. The summed E-state index contributed by atoms with van der Waals surface area (Å²) in [5.41, 5.74) is -0.338. The van der Waals surface area contributed by atoms with Crippen molar-refractivity contribution in [2.45, 2.75) is 6.54 Å². The molecular formula is C20H16ClN3O8. The smallest absolute Gasteiger partial charge is 0.373 e. The fourth-order valence-electron chi connectivity index (χ4n) is 2.81. The number of benzene rings is 1. The van der Waals surface area contributed by atoms with Gasteiger partial charge in [-0.15, -0.1) is 0 Å². The van der Waals surface area contributed by atoms with Crippen molar-refractivity contribution >= 4 is 41.3 Å². The standard InChI is InChI=1S/C20H16ClN3O8/c1-3-6-31-17-13(21)7-11(9-15(17)24(28)29)8-14-18(25)23(20(27)22-14)10-12-4-5-16(32-12)19(26)30-2/h3-5,7-9H,1,6,10H2,2H3,(H,22,27). The zero-order valence-electron chi connectivity index (χ0n) is 16.6. The van der Waals surface area contributed by atoms with Crippen molar-refractivity contribution in [2.24, 2.45) is 0 Å². The summed E-state index contributed by atoms with van der Waals surface area (Å²) in [5, 5.41) is 13.7. The van der Waals surface area contributed by atoms with Gasteiger partial charge in [-0.2, -0.15) is 0 Å². The van der Waals surface area contributed by atoms with Gasteiger partial charge in [0, 0.05) is 6.07 Å². The topological polar surface area (TPSA) is 141 Å². The molecule has 0 unspecified atom stereocenters. The van der Waals surface area contributed by atoms with E-state index in [1.807, 2.05) is 0 Å². The van der Waals surface area contributed by atoms with Crippen LogP contribution in [0.2, 0.25) is 5.02 Å². The molecule has 1 aromatic carbocycles. The number of halogens is 1. The summed E-state index contributed by atoms with van der Waals surface area (Å²) in [4.78, 5) is 48.0. The SMILES string of the molecule is C=CCOc1c(Cl)cc(C=C2NC(=O)N(Cc3ccc(C(=O)OC)o3)C2=O)cc1[N+](=O)[O-]. The molecule has 0 saturated carbocycles. The second-order valence-electron chi connectivity index (χ2n) is 6.34. The van der Waals surface area contributed by atoms with Crippen LogP contribution in [0.25, 0.3) is 6.08 Å². The van der Waals surface area contributed by atoms with Crippen LogP contribution in [0.3, 0.4) is 0 Å². The molecule has 1 N–H and O–H groups in total. The maximum atomic E-state index is 12.7. The van der Waals surface area contributed by atoms with E-state index in [-0.39, 0.29) is 46.7 Å². The van der Waals surface area contributed by atoms with Gasteiger partial charge in [0.15, 0.2) is 0 Å². The monoisotopic (exact) mass is 461 g/mol. The fraction of sp³-hybridized carbons (Fsp3) is 0.150. The first-order valence-corrected chi connectivity index (χ1v) is 9.36. The van der Waals surface area contributed by atoms with Crippen LogP contribution in [0, 0.1) is 10.1 Å². The van der Waals surface area contributed by atoms with Crippen LogP contribution in [0.4, 0.5) is 10.5 Å². The largest absolute Gasteiger partial charge is 0.482 e. The third-order valence-electron chi connectivity index (χ3n) is 4.22. The number of nitro benzene ring substituents is 1. The molecule has 0 bridgehead atoms. The first kappa shape index (κ1) is 22.6. The molecule has 3 rings (SSSR count). The molecule has 1 saturated heterocycles. The minimum Gasteiger partial charge on any atom is -0.482 e. The summed E-state index contributed by atoms with van der Waals surface area (Å²) in [6.07, 6.45) is 2.66. The molecule has 12 heteroatoms. The third-order valence-corrected chi connectivity index (χ3v) is 4.50. The molecule has 1 aromatic heterocycles. The van der Waals surface area contributed by atoms with Gasteiger partial charge >= 0.3 is 17.7 Å². The lowest BCUT2D eigenvalue weighted by molar-refractivity contribution is -0.385. The number of hydrogen-bond acceptors (Lipinski definition) is 8. The highest BCUT2D eigenvalue weighted by atomic mass is 35.5. The van der Waals surface area contributed by atoms with E-state index in [9.17, 15) is 24.5 Å². The van der Waals surface area contributed by atoms with Crippen molar-refractivity contribution in [3.63, 3.8) is 0 Å². The van der Waals surface area contributed by atoms with Crippen molar-refractivity contribution in [3.05, 3.63) is 74.8 Å². The molecule has 11 nitrogen and oxygen atoms in total. The molecule has 0 aliphatic carbocycles. The van der Waals surface area contributed by atoms with E-state index < -0.39 is 28.5 Å². The summed E-state index contributed by atoms with van der Waals surface area (Å²) >= 11 is 6.11. The van der Waals surface area contributed by atoms with Gasteiger partial charge in [-0.25, -0.2) is 9.59 Å². The second kappa shape index (κ2) is 9.35. The highest BCUT2D eigenvalue weighted by Crippen LogP contribution is 2.37. The van der Waals surface area contributed by atoms with Crippen LogP contribution in [0.1, 0.15) is 21.9 Å². The summed E-state index contributed by atoms with van der Waals surface area (Å²) in [7, 11) is 1.19. The van der Waals surface area contributed by atoms with E-state index in [0.717, 1.165) is 11.0 Å². The number of nitrogens with one attached hydrogen (secondary N) is 1. The number of imide groups is 1. The Bertz CT molecular complexity index is 1150. The third kappa shape index (κ3) is 4.62. The van der Waals surface area contributed by atoms with Crippen LogP contribution in [0.5, 0.6) is 5.75 Å². The van der Waals surface area contributed by atoms with Crippen LogP contribution in [-0.2, 0) is 16.1 Å². The zero-order chi connectivity index (χ0) is 23.4. The van der Waals surface area contributed by atoms with Gasteiger partial charge in [0.2, 0.25) is 11.5 Å². The highest BCUT2D eigenvalue weighted by Gasteiger charge is 2.34. The Labute approximate surface area is 186 Å². The van der Waals surface area contributed by atoms with Gasteiger partial charge in [0.05, 0.1) is 23.6 Å². The van der Waals surface area contributed by atoms with Crippen LogP contribution >= 0.6 is 11.6 Å². The predicted octanol–water partition coefficient (Wildman–Crippen LogP) is 3.29. The first-order valence-electron chi connectivity index (χ1n) is 8.98. The van der Waals surface area contributed by atoms with Crippen molar-refractivity contribution in [1.29, 1.82) is 0 Å². The van der Waals surface area contributed by atoms with Gasteiger partial charge in [-0.1, -0.05) is 24.3 Å². The summed E-state index contributed by atoms with van der Waals surface area (Å²) in [6.45, 7) is 3.24. The van der Waals surface area contributed by atoms with Crippen molar-refractivity contribution in [3.8, 4) is 5.75 Å². The highest BCUT2D eigenvalue weighted by molar-refractivity contribution is 6.32. The number of ether oxygens (including phenoxy) is 2. The maximum absolute atomic E-state index is 12.7. The van der Waals surface area contributed by atoms with E-state index in [1.165, 1.54) is 37.5 Å². The number of rotatable bonds is 8. The average Bonchev–Trinajstić information content (AvgIpc) is 3.32. The van der Waals surface area contributed by atoms with E-state index in [4.69, 9.17) is 20.8 Å². The summed E-state index contributed by atoms with van der Waals surface area (Å²) in [6, 6.07) is 4.57.